The van der Waals surface area contributed by atoms with E-state index in [4.69, 9.17) is 0 Å². The summed E-state index contributed by atoms with van der Waals surface area (Å²) in [5, 5.41) is 5.65. The van der Waals surface area contributed by atoms with Crippen LogP contribution in [0.5, 0.6) is 0 Å². The van der Waals surface area contributed by atoms with Crippen LogP contribution in [0.4, 0.5) is 5.69 Å². The lowest BCUT2D eigenvalue weighted by Gasteiger charge is -2.22. The molecule has 0 bridgehead atoms. The third kappa shape index (κ3) is 5.67. The Bertz CT molecular complexity index is 847. The Balaban J connectivity index is 2.17. The number of likely N-dealkylation sites (N-methyl/N-ethyl adjacent to an activating group) is 1. The van der Waals surface area contributed by atoms with Crippen LogP contribution < -0.4 is 10.6 Å². The van der Waals surface area contributed by atoms with Gasteiger partial charge in [0.1, 0.15) is 0 Å². The molecule has 0 heterocycles. The summed E-state index contributed by atoms with van der Waals surface area (Å²) in [4.78, 5) is 38.8. The van der Waals surface area contributed by atoms with E-state index in [1.807, 2.05) is 33.8 Å². The summed E-state index contributed by atoms with van der Waals surface area (Å²) >= 11 is 0. The second-order valence-corrected chi connectivity index (χ2v) is 6.89. The van der Waals surface area contributed by atoms with E-state index in [0.717, 1.165) is 5.56 Å². The molecule has 2 aromatic carbocycles. The molecule has 2 rings (SSSR count). The summed E-state index contributed by atoms with van der Waals surface area (Å²) < 4.78 is 0. The first-order valence-electron chi connectivity index (χ1n) is 9.37. The van der Waals surface area contributed by atoms with Crippen molar-refractivity contribution in [2.24, 2.45) is 0 Å². The minimum Gasteiger partial charge on any atom is -0.352 e. The number of aryl methyl sites for hydroxylation is 1. The standard InChI is InChI=1S/C22H27N3O3/c1-5-25(14-20(26)23-15(2)3)22(28)18-12-11-16(4)19(13-18)24-21(27)17-9-7-6-8-10-17/h6-13,15H,5,14H2,1-4H3,(H,23,26)(H,24,27). The molecule has 6 nitrogen and oxygen atoms in total. The molecule has 0 aliphatic carbocycles. The van der Waals surface area contributed by atoms with Crippen molar-refractivity contribution in [1.82, 2.24) is 10.2 Å². The Morgan fingerprint density at radius 1 is 1.00 bits per heavy atom. The lowest BCUT2D eigenvalue weighted by atomic mass is 10.1. The third-order valence-corrected chi connectivity index (χ3v) is 4.22. The van der Waals surface area contributed by atoms with Gasteiger partial charge in [-0.2, -0.15) is 0 Å². The largest absolute Gasteiger partial charge is 0.352 e. The van der Waals surface area contributed by atoms with Gasteiger partial charge in [0.05, 0.1) is 6.54 Å². The van der Waals surface area contributed by atoms with Crippen molar-refractivity contribution in [3.63, 3.8) is 0 Å². The van der Waals surface area contributed by atoms with E-state index >= 15 is 0 Å². The van der Waals surface area contributed by atoms with Crippen LogP contribution in [-0.2, 0) is 4.79 Å². The monoisotopic (exact) mass is 381 g/mol. The van der Waals surface area contributed by atoms with Gasteiger partial charge in [0, 0.05) is 29.4 Å². The molecule has 0 spiro atoms. The van der Waals surface area contributed by atoms with Crippen LogP contribution in [0, 0.1) is 6.92 Å². The summed E-state index contributed by atoms with van der Waals surface area (Å²) in [6.45, 7) is 7.84. The molecule has 28 heavy (non-hydrogen) atoms. The van der Waals surface area contributed by atoms with Gasteiger partial charge in [-0.25, -0.2) is 0 Å². The minimum absolute atomic E-state index is 0.00685. The van der Waals surface area contributed by atoms with Crippen LogP contribution in [0.2, 0.25) is 0 Å². The first-order chi connectivity index (χ1) is 13.3. The first-order valence-corrected chi connectivity index (χ1v) is 9.37. The van der Waals surface area contributed by atoms with Crippen LogP contribution in [0.1, 0.15) is 47.1 Å². The van der Waals surface area contributed by atoms with Gasteiger partial charge in [0.2, 0.25) is 5.91 Å². The quantitative estimate of drug-likeness (QED) is 0.773. The SMILES string of the molecule is CCN(CC(=O)NC(C)C)C(=O)c1ccc(C)c(NC(=O)c2ccccc2)c1. The fraction of sp³-hybridized carbons (Fsp3) is 0.318. The van der Waals surface area contributed by atoms with E-state index in [1.165, 1.54) is 4.90 Å². The smallest absolute Gasteiger partial charge is 0.255 e. The average Bonchev–Trinajstić information content (AvgIpc) is 2.67. The highest BCUT2D eigenvalue weighted by Gasteiger charge is 2.19. The van der Waals surface area contributed by atoms with Crippen molar-refractivity contribution in [3.05, 3.63) is 65.2 Å². The molecule has 0 unspecified atom stereocenters. The van der Waals surface area contributed by atoms with E-state index in [2.05, 4.69) is 10.6 Å². The predicted molar refractivity (Wildman–Crippen MR) is 110 cm³/mol. The number of rotatable bonds is 7. The van der Waals surface area contributed by atoms with Gasteiger partial charge in [-0.15, -0.1) is 0 Å². The highest BCUT2D eigenvalue weighted by molar-refractivity contribution is 6.05. The maximum absolute atomic E-state index is 12.8. The molecule has 148 valence electrons. The Morgan fingerprint density at radius 2 is 1.68 bits per heavy atom. The van der Waals surface area contributed by atoms with Gasteiger partial charge in [0.15, 0.2) is 0 Å². The van der Waals surface area contributed by atoms with E-state index < -0.39 is 0 Å². The molecule has 2 aromatic rings. The van der Waals surface area contributed by atoms with Gasteiger partial charge in [-0.3, -0.25) is 14.4 Å². The number of carbonyl (C=O) groups is 3. The normalized spacial score (nSPS) is 10.5. The maximum atomic E-state index is 12.8. The molecule has 0 aromatic heterocycles. The second kappa shape index (κ2) is 9.69. The van der Waals surface area contributed by atoms with Crippen LogP contribution in [-0.4, -0.2) is 41.8 Å². The molecule has 2 N–H and O–H groups in total. The number of hydrogen-bond acceptors (Lipinski definition) is 3. The molecule has 3 amide bonds. The van der Waals surface area contributed by atoms with E-state index in [9.17, 15) is 14.4 Å². The molecule has 0 atom stereocenters. The van der Waals surface area contributed by atoms with Crippen molar-refractivity contribution in [2.75, 3.05) is 18.4 Å². The highest BCUT2D eigenvalue weighted by atomic mass is 16.2. The number of hydrogen-bond donors (Lipinski definition) is 2. The van der Waals surface area contributed by atoms with Crippen LogP contribution >= 0.6 is 0 Å². The van der Waals surface area contributed by atoms with Crippen LogP contribution in [0.3, 0.4) is 0 Å². The molecular weight excluding hydrogens is 354 g/mol. The summed E-state index contributed by atoms with van der Waals surface area (Å²) in [5.41, 5.74) is 2.39. The number of amides is 3. The van der Waals surface area contributed by atoms with Crippen LogP contribution in [0.15, 0.2) is 48.5 Å². The van der Waals surface area contributed by atoms with Gasteiger partial charge >= 0.3 is 0 Å². The van der Waals surface area contributed by atoms with Gasteiger partial charge < -0.3 is 15.5 Å². The Labute approximate surface area is 165 Å². The van der Waals surface area contributed by atoms with Gasteiger partial charge in [-0.1, -0.05) is 24.3 Å². The topological polar surface area (TPSA) is 78.5 Å². The molecule has 0 fully saturated rings. The van der Waals surface area contributed by atoms with E-state index in [-0.39, 0.29) is 30.3 Å². The lowest BCUT2D eigenvalue weighted by Crippen LogP contribution is -2.42. The van der Waals surface area contributed by atoms with Crippen molar-refractivity contribution in [1.29, 1.82) is 0 Å². The van der Waals surface area contributed by atoms with Crippen molar-refractivity contribution in [3.8, 4) is 0 Å². The molecule has 0 aliphatic rings. The first kappa shape index (κ1) is 21.2. The molecule has 0 radical (unpaired) electrons. The van der Waals surface area contributed by atoms with Crippen molar-refractivity contribution in [2.45, 2.75) is 33.7 Å². The summed E-state index contributed by atoms with van der Waals surface area (Å²) in [5.74, 6) is -0.691. The highest BCUT2D eigenvalue weighted by Crippen LogP contribution is 2.19. The Hall–Kier alpha value is -3.15. The predicted octanol–water partition coefficient (Wildman–Crippen LogP) is 3.23. The summed E-state index contributed by atoms with van der Waals surface area (Å²) in [7, 11) is 0. The molecule has 0 saturated carbocycles. The Morgan fingerprint density at radius 3 is 2.29 bits per heavy atom. The van der Waals surface area contributed by atoms with E-state index in [1.54, 1.807) is 42.5 Å². The zero-order chi connectivity index (χ0) is 20.7. The van der Waals surface area contributed by atoms with E-state index in [0.29, 0.717) is 23.4 Å². The number of nitrogens with zero attached hydrogens (tertiary/aromatic N) is 1. The van der Waals surface area contributed by atoms with Crippen molar-refractivity contribution < 1.29 is 14.4 Å². The van der Waals surface area contributed by atoms with Crippen LogP contribution in [0.25, 0.3) is 0 Å². The summed E-state index contributed by atoms with van der Waals surface area (Å²) in [6, 6.07) is 14.1. The number of benzene rings is 2. The van der Waals surface area contributed by atoms with Crippen molar-refractivity contribution >= 4 is 23.4 Å². The Kier molecular flexibility index (Phi) is 7.32. The fourth-order valence-electron chi connectivity index (χ4n) is 2.72. The minimum atomic E-state index is -0.253. The van der Waals surface area contributed by atoms with Gasteiger partial charge in [-0.05, 0) is 57.5 Å². The van der Waals surface area contributed by atoms with Gasteiger partial charge in [0.25, 0.3) is 11.8 Å². The molecule has 0 saturated heterocycles. The third-order valence-electron chi connectivity index (χ3n) is 4.22. The average molecular weight is 381 g/mol. The second-order valence-electron chi connectivity index (χ2n) is 6.89. The number of anilines is 1. The summed E-state index contributed by atoms with van der Waals surface area (Å²) in [6.07, 6.45) is 0. The maximum Gasteiger partial charge on any atom is 0.255 e. The molecular formula is C22H27N3O3. The molecule has 0 aliphatic heterocycles. The zero-order valence-electron chi connectivity index (χ0n) is 16.8. The lowest BCUT2D eigenvalue weighted by molar-refractivity contribution is -0.122. The number of nitrogens with one attached hydrogen (secondary N) is 2. The molecule has 6 heteroatoms. The zero-order valence-corrected chi connectivity index (χ0v) is 16.8. The number of carbonyl (C=O) groups excluding carboxylic acids is 3. The fourth-order valence-corrected chi connectivity index (χ4v) is 2.72.